The summed E-state index contributed by atoms with van der Waals surface area (Å²) in [5, 5.41) is 58.1. The number of ether oxygens (including phenoxy) is 1. The van der Waals surface area contributed by atoms with Gasteiger partial charge in [-0.1, -0.05) is 42.5 Å². The van der Waals surface area contributed by atoms with Crippen LogP contribution in [0.5, 0.6) is 5.75 Å². The number of primary amides is 1. The number of carboxylic acid groups (broad SMARTS) is 2. The van der Waals surface area contributed by atoms with E-state index < -0.39 is 128 Å². The summed E-state index contributed by atoms with van der Waals surface area (Å²) < 4.78 is 5.07. The molecule has 66 heavy (non-hydrogen) atoms. The molecular formula is C42H52N8O15S. The van der Waals surface area contributed by atoms with E-state index in [1.54, 1.807) is 47.2 Å². The van der Waals surface area contributed by atoms with E-state index in [1.807, 2.05) is 0 Å². The number of carbonyl (C=O) groups excluding carboxylic acids is 8. The van der Waals surface area contributed by atoms with Gasteiger partial charge in [0, 0.05) is 25.7 Å². The number of phenols is 1. The van der Waals surface area contributed by atoms with Crippen LogP contribution < -0.4 is 43.0 Å². The molecule has 0 bridgehead atoms. The van der Waals surface area contributed by atoms with Gasteiger partial charge in [0.05, 0.1) is 13.2 Å². The Morgan fingerprint density at radius 3 is 1.70 bits per heavy atom. The van der Waals surface area contributed by atoms with Gasteiger partial charge in [-0.05, 0) is 65.4 Å². The SMILES string of the molecule is C[C@H](NC(=O)OCc1ccccc1)C(=O)NCC(=O)N[C@@H](CCC(=O)O)C(=O)N[C@@H](CO)C(=O)N[C@@H](Cc1ccsc1)C(=O)N[C@@H](Cc1ccc(O)cc1)C(=O)N[C@@H](CCC(=O)O)C(N)=O. The van der Waals surface area contributed by atoms with Gasteiger partial charge in [-0.15, -0.1) is 0 Å². The number of carbonyl (C=O) groups is 10. The Hall–Kier alpha value is -7.60. The van der Waals surface area contributed by atoms with E-state index >= 15 is 0 Å². The number of aliphatic hydroxyl groups is 1. The van der Waals surface area contributed by atoms with Gasteiger partial charge < -0.3 is 68.1 Å². The van der Waals surface area contributed by atoms with Crippen molar-refractivity contribution in [3.05, 3.63) is 88.1 Å². The highest BCUT2D eigenvalue weighted by atomic mass is 32.1. The summed E-state index contributed by atoms with van der Waals surface area (Å²) in [6.07, 6.45) is -3.38. The molecule has 0 radical (unpaired) electrons. The summed E-state index contributed by atoms with van der Waals surface area (Å²) in [5.41, 5.74) is 7.07. The fourth-order valence-electron chi connectivity index (χ4n) is 5.88. The Morgan fingerprint density at radius 1 is 0.621 bits per heavy atom. The van der Waals surface area contributed by atoms with Crippen LogP contribution in [0.2, 0.25) is 0 Å². The maximum absolute atomic E-state index is 14.0. The van der Waals surface area contributed by atoms with Crippen LogP contribution in [0.3, 0.4) is 0 Å². The molecule has 1 heterocycles. The average Bonchev–Trinajstić information content (AvgIpc) is 3.80. The number of aliphatic carboxylic acids is 2. The van der Waals surface area contributed by atoms with Crippen LogP contribution >= 0.6 is 11.3 Å². The number of amides is 8. The van der Waals surface area contributed by atoms with Crippen LogP contribution in [-0.2, 0) is 67.3 Å². The third-order valence-electron chi connectivity index (χ3n) is 9.45. The van der Waals surface area contributed by atoms with Crippen LogP contribution in [-0.4, -0.2) is 129 Å². The van der Waals surface area contributed by atoms with Crippen molar-refractivity contribution in [1.29, 1.82) is 0 Å². The van der Waals surface area contributed by atoms with Crippen LogP contribution in [0, 0.1) is 0 Å². The van der Waals surface area contributed by atoms with Gasteiger partial charge in [-0.3, -0.25) is 43.2 Å². The zero-order chi connectivity index (χ0) is 48.8. The molecule has 24 heteroatoms. The number of aromatic hydroxyl groups is 1. The first kappa shape index (κ1) is 52.7. The van der Waals surface area contributed by atoms with Crippen molar-refractivity contribution in [3.8, 4) is 5.75 Å². The summed E-state index contributed by atoms with van der Waals surface area (Å²) in [4.78, 5) is 127. The molecule has 0 saturated heterocycles. The monoisotopic (exact) mass is 940 g/mol. The summed E-state index contributed by atoms with van der Waals surface area (Å²) in [6.45, 7) is -0.551. The molecule has 0 saturated carbocycles. The number of hydrogen-bond acceptors (Lipinski definition) is 14. The molecule has 23 nitrogen and oxygen atoms in total. The first-order chi connectivity index (χ1) is 31.3. The number of carboxylic acids is 2. The van der Waals surface area contributed by atoms with Gasteiger partial charge in [0.25, 0.3) is 0 Å². The number of phenolic OH excluding ortho intramolecular Hbond substituents is 1. The molecule has 0 aliphatic heterocycles. The number of nitrogens with one attached hydrogen (secondary N) is 7. The van der Waals surface area contributed by atoms with Crippen molar-refractivity contribution in [2.24, 2.45) is 5.73 Å². The summed E-state index contributed by atoms with van der Waals surface area (Å²) >= 11 is 1.26. The summed E-state index contributed by atoms with van der Waals surface area (Å²) in [7, 11) is 0. The number of nitrogens with two attached hydrogens (primary N) is 1. The number of hydrogen-bond donors (Lipinski definition) is 12. The third kappa shape index (κ3) is 19.0. The van der Waals surface area contributed by atoms with E-state index in [2.05, 4.69) is 37.2 Å². The lowest BCUT2D eigenvalue weighted by molar-refractivity contribution is -0.139. The van der Waals surface area contributed by atoms with E-state index in [0.29, 0.717) is 16.7 Å². The van der Waals surface area contributed by atoms with Crippen LogP contribution in [0.1, 0.15) is 49.3 Å². The minimum Gasteiger partial charge on any atom is -0.508 e. The van der Waals surface area contributed by atoms with Crippen molar-refractivity contribution in [2.75, 3.05) is 13.2 Å². The number of rotatable bonds is 27. The second kappa shape index (κ2) is 26.9. The molecular weight excluding hydrogens is 889 g/mol. The van der Waals surface area contributed by atoms with Crippen LogP contribution in [0.25, 0.3) is 0 Å². The lowest BCUT2D eigenvalue weighted by Crippen LogP contribution is -2.60. The first-order valence-corrected chi connectivity index (χ1v) is 21.2. The standard InChI is InChI=1S/C42H52N8O15S/c1-23(45-42(64)65-21-25-5-3-2-4-6-25)37(59)44-19-33(53)46-29(12-14-35(56)57)38(60)50-32(20-51)41(63)49-31(18-26-15-16-66-22-26)40(62)48-30(17-24-7-9-27(52)10-8-24)39(61)47-28(36(43)58)11-13-34(54)55/h2-10,15-16,22-23,28-32,51-52H,11-14,17-21H2,1H3,(H2,43,58)(H,44,59)(H,45,64)(H,46,53)(H,47,61)(H,48,62)(H,49,63)(H,50,60)(H,54,55)(H,56,57)/t23-,28-,29-,30-,31-,32-/m0/s1. The predicted octanol–water partition coefficient (Wildman–Crippen LogP) is -1.70. The molecule has 1 aromatic heterocycles. The van der Waals surface area contributed by atoms with E-state index in [-0.39, 0.29) is 31.6 Å². The second-order valence-corrected chi connectivity index (χ2v) is 15.4. The summed E-state index contributed by atoms with van der Waals surface area (Å²) in [5.74, 6) is -9.72. The first-order valence-electron chi connectivity index (χ1n) is 20.2. The second-order valence-electron chi connectivity index (χ2n) is 14.7. The van der Waals surface area contributed by atoms with Gasteiger partial charge in [-0.25, -0.2) is 4.79 Å². The molecule has 0 aliphatic carbocycles. The van der Waals surface area contributed by atoms with Gasteiger partial charge in [0.15, 0.2) is 0 Å². The quantitative estimate of drug-likeness (QED) is 0.0405. The van der Waals surface area contributed by atoms with Crippen molar-refractivity contribution in [2.45, 2.75) is 88.3 Å². The molecule has 13 N–H and O–H groups in total. The van der Waals surface area contributed by atoms with Gasteiger partial charge in [0.1, 0.15) is 48.6 Å². The van der Waals surface area contributed by atoms with Gasteiger partial charge in [0.2, 0.25) is 41.4 Å². The molecule has 0 fully saturated rings. The Kier molecular flexibility index (Phi) is 21.5. The number of alkyl carbamates (subject to hydrolysis) is 1. The molecule has 0 spiro atoms. The lowest BCUT2D eigenvalue weighted by atomic mass is 10.0. The normalized spacial score (nSPS) is 13.4. The zero-order valence-electron chi connectivity index (χ0n) is 35.5. The zero-order valence-corrected chi connectivity index (χ0v) is 36.3. The van der Waals surface area contributed by atoms with Crippen molar-refractivity contribution >= 4 is 70.7 Å². The minimum atomic E-state index is -1.80. The molecule has 2 aromatic carbocycles. The fraction of sp³-hybridized carbons (Fsp3) is 0.381. The molecule has 356 valence electrons. The number of aliphatic hydroxyl groups excluding tert-OH is 1. The fourth-order valence-corrected chi connectivity index (χ4v) is 6.56. The molecule has 6 atom stereocenters. The highest BCUT2D eigenvalue weighted by Crippen LogP contribution is 2.14. The smallest absolute Gasteiger partial charge is 0.408 e. The van der Waals surface area contributed by atoms with Crippen molar-refractivity contribution in [3.63, 3.8) is 0 Å². The average molecular weight is 941 g/mol. The Labute approximate surface area is 381 Å². The topological polar surface area (TPSA) is 371 Å². The van der Waals surface area contributed by atoms with Crippen molar-refractivity contribution in [1.82, 2.24) is 37.2 Å². The molecule has 3 rings (SSSR count). The van der Waals surface area contributed by atoms with E-state index in [9.17, 15) is 63.3 Å². The highest BCUT2D eigenvalue weighted by molar-refractivity contribution is 7.07. The number of thiophene rings is 1. The Morgan fingerprint density at radius 2 is 1.15 bits per heavy atom. The highest BCUT2D eigenvalue weighted by Gasteiger charge is 2.33. The summed E-state index contributed by atoms with van der Waals surface area (Å²) in [6, 6.07) is 6.88. The van der Waals surface area contributed by atoms with Crippen LogP contribution in [0.4, 0.5) is 4.79 Å². The predicted molar refractivity (Wildman–Crippen MR) is 232 cm³/mol. The third-order valence-corrected chi connectivity index (χ3v) is 10.2. The molecule has 0 unspecified atom stereocenters. The lowest BCUT2D eigenvalue weighted by Gasteiger charge is -2.26. The van der Waals surface area contributed by atoms with Gasteiger partial charge >= 0.3 is 18.0 Å². The van der Waals surface area contributed by atoms with E-state index in [1.165, 1.54) is 42.5 Å². The van der Waals surface area contributed by atoms with Gasteiger partial charge in [-0.2, -0.15) is 11.3 Å². The van der Waals surface area contributed by atoms with E-state index in [0.717, 1.165) is 0 Å². The molecule has 0 aliphatic rings. The molecule has 3 aromatic rings. The Bertz CT molecular complexity index is 2160. The van der Waals surface area contributed by atoms with E-state index in [4.69, 9.17) is 15.6 Å². The maximum Gasteiger partial charge on any atom is 0.408 e. The largest absolute Gasteiger partial charge is 0.508 e. The maximum atomic E-state index is 14.0. The minimum absolute atomic E-state index is 0.0718. The Balaban J connectivity index is 1.72. The van der Waals surface area contributed by atoms with Crippen molar-refractivity contribution < 1.29 is 73.1 Å². The van der Waals surface area contributed by atoms with Crippen LogP contribution in [0.15, 0.2) is 71.4 Å². The number of benzene rings is 2. The molecule has 8 amide bonds.